The summed E-state index contributed by atoms with van der Waals surface area (Å²) in [5.41, 5.74) is 2.32. The Labute approximate surface area is 151 Å². The van der Waals surface area contributed by atoms with E-state index >= 15 is 0 Å². The number of aryl methyl sites for hydroxylation is 1. The number of hydrogen-bond donors (Lipinski definition) is 0. The van der Waals surface area contributed by atoms with Crippen LogP contribution in [-0.4, -0.2) is 57.1 Å². The molecule has 1 aliphatic rings. The summed E-state index contributed by atoms with van der Waals surface area (Å²) in [7, 11) is 0. The molecule has 0 N–H and O–H groups in total. The van der Waals surface area contributed by atoms with Crippen LogP contribution in [0.3, 0.4) is 0 Å². The van der Waals surface area contributed by atoms with E-state index in [1.54, 1.807) is 19.3 Å². The van der Waals surface area contributed by atoms with E-state index in [1.807, 2.05) is 34.9 Å². The Kier molecular flexibility index (Phi) is 4.62. The van der Waals surface area contributed by atoms with Gasteiger partial charge in [-0.3, -0.25) is 9.69 Å². The lowest BCUT2D eigenvalue weighted by atomic mass is 10.2. The van der Waals surface area contributed by atoms with Gasteiger partial charge in [0.25, 0.3) is 5.56 Å². The Morgan fingerprint density at radius 2 is 1.69 bits per heavy atom. The molecule has 3 aromatic rings. The molecule has 26 heavy (non-hydrogen) atoms. The molecule has 1 fully saturated rings. The van der Waals surface area contributed by atoms with Crippen LogP contribution >= 0.6 is 0 Å². The fraction of sp³-hybridized carbons (Fsp3) is 0.368. The van der Waals surface area contributed by atoms with Crippen LogP contribution in [0.25, 0.3) is 11.0 Å². The van der Waals surface area contributed by atoms with Crippen molar-refractivity contribution in [1.82, 2.24) is 24.4 Å². The smallest absolute Gasteiger partial charge is 0.272 e. The van der Waals surface area contributed by atoms with Gasteiger partial charge < -0.3 is 9.47 Å². The van der Waals surface area contributed by atoms with E-state index in [4.69, 9.17) is 0 Å². The van der Waals surface area contributed by atoms with E-state index in [1.165, 1.54) is 0 Å². The molecule has 7 heteroatoms. The zero-order valence-electron chi connectivity index (χ0n) is 14.9. The monoisotopic (exact) mass is 350 g/mol. The molecule has 1 aliphatic heterocycles. The molecule has 7 nitrogen and oxygen atoms in total. The first-order valence-electron chi connectivity index (χ1n) is 8.93. The van der Waals surface area contributed by atoms with Gasteiger partial charge in [0.1, 0.15) is 5.69 Å². The van der Waals surface area contributed by atoms with E-state index in [9.17, 15) is 4.79 Å². The van der Waals surface area contributed by atoms with Crippen molar-refractivity contribution in [1.29, 1.82) is 0 Å². The third-order valence-corrected chi connectivity index (χ3v) is 4.86. The quantitative estimate of drug-likeness (QED) is 0.707. The van der Waals surface area contributed by atoms with Gasteiger partial charge in [0, 0.05) is 51.7 Å². The van der Waals surface area contributed by atoms with Crippen molar-refractivity contribution in [3.8, 4) is 0 Å². The van der Waals surface area contributed by atoms with Crippen LogP contribution < -0.4 is 10.5 Å². The molecule has 0 saturated carbocycles. The molecule has 0 bridgehead atoms. The lowest BCUT2D eigenvalue weighted by Crippen LogP contribution is -2.48. The third-order valence-electron chi connectivity index (χ3n) is 4.86. The molecule has 4 rings (SSSR count). The molecule has 0 amide bonds. The molecule has 1 aromatic carbocycles. The Morgan fingerprint density at radius 3 is 2.46 bits per heavy atom. The molecule has 0 atom stereocenters. The van der Waals surface area contributed by atoms with E-state index in [0.717, 1.165) is 49.7 Å². The van der Waals surface area contributed by atoms with Crippen LogP contribution in [-0.2, 0) is 6.54 Å². The number of nitrogens with zero attached hydrogens (tertiary/aromatic N) is 6. The average Bonchev–Trinajstić information content (AvgIpc) is 2.69. The molecule has 2 aromatic heterocycles. The number of piperazine rings is 1. The third kappa shape index (κ3) is 3.30. The normalized spacial score (nSPS) is 15.5. The van der Waals surface area contributed by atoms with Gasteiger partial charge in [0.15, 0.2) is 0 Å². The summed E-state index contributed by atoms with van der Waals surface area (Å²) in [6.45, 7) is 6.97. The second kappa shape index (κ2) is 7.21. The summed E-state index contributed by atoms with van der Waals surface area (Å²) >= 11 is 0. The first-order chi connectivity index (χ1) is 12.7. The number of anilines is 1. The van der Waals surface area contributed by atoms with Gasteiger partial charge in [-0.05, 0) is 25.1 Å². The molecular formula is C19H22N6O. The summed E-state index contributed by atoms with van der Waals surface area (Å²) in [4.78, 5) is 30.2. The summed E-state index contributed by atoms with van der Waals surface area (Å²) in [6, 6.07) is 9.66. The summed E-state index contributed by atoms with van der Waals surface area (Å²) in [5.74, 6) is 0.791. The highest BCUT2D eigenvalue weighted by atomic mass is 16.1. The largest absolute Gasteiger partial charge is 0.338 e. The lowest BCUT2D eigenvalue weighted by Gasteiger charge is -2.34. The maximum absolute atomic E-state index is 12.5. The van der Waals surface area contributed by atoms with Crippen LogP contribution in [0.5, 0.6) is 0 Å². The Bertz CT molecular complexity index is 947. The fourth-order valence-corrected chi connectivity index (χ4v) is 3.41. The van der Waals surface area contributed by atoms with Crippen LogP contribution in [0.1, 0.15) is 5.69 Å². The Morgan fingerprint density at radius 1 is 0.962 bits per heavy atom. The minimum atomic E-state index is 0.0000199. The number of fused-ring (bicyclic) bond motifs is 1. The number of para-hydroxylation sites is 2. The topological polar surface area (TPSA) is 67.2 Å². The zero-order chi connectivity index (χ0) is 17.9. The maximum Gasteiger partial charge on any atom is 0.272 e. The minimum Gasteiger partial charge on any atom is -0.338 e. The van der Waals surface area contributed by atoms with Crippen molar-refractivity contribution in [2.75, 3.05) is 37.6 Å². The van der Waals surface area contributed by atoms with Crippen LogP contribution in [0.15, 0.2) is 47.5 Å². The molecule has 0 radical (unpaired) electrons. The SMILES string of the molecule is Cc1nc2ccccc2n(CCN2CCN(c3ncccn3)CC2)c1=O. The molecule has 1 saturated heterocycles. The van der Waals surface area contributed by atoms with Crippen LogP contribution in [0.4, 0.5) is 5.95 Å². The van der Waals surface area contributed by atoms with Gasteiger partial charge in [-0.2, -0.15) is 0 Å². The highest BCUT2D eigenvalue weighted by Crippen LogP contribution is 2.12. The van der Waals surface area contributed by atoms with E-state index in [2.05, 4.69) is 24.8 Å². The second-order valence-electron chi connectivity index (χ2n) is 6.52. The highest BCUT2D eigenvalue weighted by Gasteiger charge is 2.19. The number of rotatable bonds is 4. The van der Waals surface area contributed by atoms with E-state index in [0.29, 0.717) is 12.2 Å². The first-order valence-corrected chi connectivity index (χ1v) is 8.93. The first kappa shape index (κ1) is 16.7. The standard InChI is InChI=1S/C19H22N6O/c1-15-18(26)25(17-6-3-2-5-16(17)22-15)14-11-23-9-12-24(13-10-23)19-20-7-4-8-21-19/h2-8H,9-14H2,1H3. The van der Waals surface area contributed by atoms with Crippen molar-refractivity contribution >= 4 is 17.0 Å². The second-order valence-corrected chi connectivity index (χ2v) is 6.52. The summed E-state index contributed by atoms with van der Waals surface area (Å²) in [5, 5.41) is 0. The van der Waals surface area contributed by atoms with Crippen molar-refractivity contribution < 1.29 is 0 Å². The Balaban J connectivity index is 1.44. The molecule has 0 spiro atoms. The highest BCUT2D eigenvalue weighted by molar-refractivity contribution is 5.74. The predicted molar refractivity (Wildman–Crippen MR) is 101 cm³/mol. The maximum atomic E-state index is 12.5. The van der Waals surface area contributed by atoms with Crippen molar-refractivity contribution in [3.63, 3.8) is 0 Å². The lowest BCUT2D eigenvalue weighted by molar-refractivity contribution is 0.247. The molecule has 0 aliphatic carbocycles. The predicted octanol–water partition coefficient (Wildman–Crippen LogP) is 1.32. The molecular weight excluding hydrogens is 328 g/mol. The van der Waals surface area contributed by atoms with Gasteiger partial charge in [0.2, 0.25) is 5.95 Å². The van der Waals surface area contributed by atoms with Gasteiger partial charge in [-0.25, -0.2) is 15.0 Å². The van der Waals surface area contributed by atoms with Crippen molar-refractivity contribution in [3.05, 3.63) is 58.8 Å². The van der Waals surface area contributed by atoms with Gasteiger partial charge in [0.05, 0.1) is 11.0 Å². The van der Waals surface area contributed by atoms with E-state index < -0.39 is 0 Å². The number of benzene rings is 1. The summed E-state index contributed by atoms with van der Waals surface area (Å²) in [6.07, 6.45) is 3.55. The average molecular weight is 350 g/mol. The zero-order valence-corrected chi connectivity index (χ0v) is 14.9. The van der Waals surface area contributed by atoms with Crippen LogP contribution in [0.2, 0.25) is 0 Å². The fourth-order valence-electron chi connectivity index (χ4n) is 3.41. The summed E-state index contributed by atoms with van der Waals surface area (Å²) < 4.78 is 1.85. The van der Waals surface area contributed by atoms with Gasteiger partial charge in [-0.15, -0.1) is 0 Å². The minimum absolute atomic E-state index is 0.0000199. The number of hydrogen-bond acceptors (Lipinski definition) is 6. The number of aromatic nitrogens is 4. The Hall–Kier alpha value is -2.80. The van der Waals surface area contributed by atoms with Crippen molar-refractivity contribution in [2.45, 2.75) is 13.5 Å². The van der Waals surface area contributed by atoms with Crippen LogP contribution in [0, 0.1) is 6.92 Å². The van der Waals surface area contributed by atoms with Gasteiger partial charge in [-0.1, -0.05) is 12.1 Å². The van der Waals surface area contributed by atoms with Crippen molar-refractivity contribution in [2.24, 2.45) is 0 Å². The van der Waals surface area contributed by atoms with E-state index in [-0.39, 0.29) is 5.56 Å². The van der Waals surface area contributed by atoms with Gasteiger partial charge >= 0.3 is 0 Å². The molecule has 0 unspecified atom stereocenters. The molecule has 3 heterocycles. The molecule has 134 valence electrons.